The number of rotatable bonds is 10. The molecule has 1 aromatic heterocycles. The topological polar surface area (TPSA) is 34.4 Å². The van der Waals surface area contributed by atoms with Crippen molar-refractivity contribution in [2.24, 2.45) is 0 Å². The SMILES string of the molecule is C=C(/C=C\CC)c1cccc(-c2ccccc2Nc2cc(-c3cccc4c3SC3CC=CC=C43)cc(-c3cccc4c(=C)/c(=C\C=C/C)oc34)c2)c1OC. The van der Waals surface area contributed by atoms with Gasteiger partial charge in [-0.15, -0.1) is 11.8 Å². The largest absolute Gasteiger partial charge is 0.495 e. The fourth-order valence-corrected chi connectivity index (χ4v) is 8.99. The van der Waals surface area contributed by atoms with E-state index in [0.717, 1.165) is 90.5 Å². The minimum atomic E-state index is 0.442. The number of anilines is 2. The van der Waals surface area contributed by atoms with Gasteiger partial charge in [-0.25, -0.2) is 0 Å². The first-order valence-electron chi connectivity index (χ1n) is 18.5. The van der Waals surface area contributed by atoms with E-state index in [1.165, 1.54) is 21.6 Å². The molecule has 0 fully saturated rings. The van der Waals surface area contributed by atoms with E-state index in [0.29, 0.717) is 5.25 Å². The van der Waals surface area contributed by atoms with Crippen LogP contribution >= 0.6 is 11.8 Å². The van der Waals surface area contributed by atoms with Crippen molar-refractivity contribution in [3.63, 3.8) is 0 Å². The standard InChI is InChI=1S/C50H43NO2S/c1-6-8-17-32(3)37-20-14-24-43(48(37)52-5)41-18-10-12-26-45(41)51-36-30-34(39-22-15-21-38-33(4)46(27-9-7-2)53-49(38)39)29-35(31-36)40-23-16-25-44-42-19-11-13-28-47(42)54-50(40)44/h7-27,29-31,47,51H,3-4,6,28H2,1-2,5H3/b9-7-,17-8-,46-27+. The average Bonchev–Trinajstić information content (AvgIpc) is 3.75. The molecule has 2 heterocycles. The van der Waals surface area contributed by atoms with Crippen LogP contribution in [0.5, 0.6) is 5.75 Å². The lowest BCUT2D eigenvalue weighted by molar-refractivity contribution is 0.415. The Kier molecular flexibility index (Phi) is 9.86. The van der Waals surface area contributed by atoms with Gasteiger partial charge in [0.15, 0.2) is 0 Å². The Morgan fingerprint density at radius 2 is 1.65 bits per heavy atom. The van der Waals surface area contributed by atoms with E-state index in [9.17, 15) is 0 Å². The van der Waals surface area contributed by atoms with Crippen LogP contribution < -0.4 is 20.7 Å². The van der Waals surface area contributed by atoms with E-state index >= 15 is 0 Å². The molecule has 0 spiro atoms. The molecule has 2 aliphatic rings. The molecule has 1 N–H and O–H groups in total. The summed E-state index contributed by atoms with van der Waals surface area (Å²) < 4.78 is 12.6. The van der Waals surface area contributed by atoms with E-state index in [1.54, 1.807) is 7.11 Å². The highest BCUT2D eigenvalue weighted by Crippen LogP contribution is 2.52. The van der Waals surface area contributed by atoms with Crippen molar-refractivity contribution >= 4 is 57.9 Å². The lowest BCUT2D eigenvalue weighted by atomic mass is 9.92. The molecule has 5 aromatic carbocycles. The number of para-hydroxylation sites is 3. The molecule has 54 heavy (non-hydrogen) atoms. The minimum absolute atomic E-state index is 0.442. The number of ether oxygens (including phenoxy) is 1. The smallest absolute Gasteiger partial charge is 0.143 e. The van der Waals surface area contributed by atoms with E-state index in [1.807, 2.05) is 36.9 Å². The lowest BCUT2D eigenvalue weighted by Gasteiger charge is -2.19. The monoisotopic (exact) mass is 721 g/mol. The second kappa shape index (κ2) is 15.2. The molecule has 1 aliphatic carbocycles. The summed E-state index contributed by atoms with van der Waals surface area (Å²) in [6.45, 7) is 12.9. The zero-order valence-corrected chi connectivity index (χ0v) is 31.8. The number of nitrogens with one attached hydrogen (secondary N) is 1. The number of fused-ring (bicyclic) bond motifs is 4. The summed E-state index contributed by atoms with van der Waals surface area (Å²) >= 11 is 1.98. The highest BCUT2D eigenvalue weighted by Gasteiger charge is 2.30. The van der Waals surface area contributed by atoms with Gasteiger partial charge in [0.1, 0.15) is 16.7 Å². The van der Waals surface area contributed by atoms with Gasteiger partial charge in [-0.1, -0.05) is 135 Å². The molecule has 3 nitrogen and oxygen atoms in total. The Bertz CT molecular complexity index is 2670. The first kappa shape index (κ1) is 35.1. The van der Waals surface area contributed by atoms with Crippen LogP contribution in [-0.2, 0) is 0 Å². The van der Waals surface area contributed by atoms with E-state index in [-0.39, 0.29) is 0 Å². The second-order valence-corrected chi connectivity index (χ2v) is 14.8. The van der Waals surface area contributed by atoms with Crippen molar-refractivity contribution in [3.8, 4) is 39.1 Å². The summed E-state index contributed by atoms with van der Waals surface area (Å²) in [5.74, 6) is 0.799. The second-order valence-electron chi connectivity index (χ2n) is 13.6. The van der Waals surface area contributed by atoms with Crippen LogP contribution in [0.15, 0.2) is 155 Å². The van der Waals surface area contributed by atoms with Crippen molar-refractivity contribution in [1.82, 2.24) is 0 Å². The zero-order chi connectivity index (χ0) is 37.2. The van der Waals surface area contributed by atoms with Crippen LogP contribution in [0, 0.1) is 0 Å². The van der Waals surface area contributed by atoms with Crippen LogP contribution in [0.25, 0.3) is 68.2 Å². The molecule has 0 bridgehead atoms. The Labute approximate surface area is 322 Å². The summed E-state index contributed by atoms with van der Waals surface area (Å²) in [4.78, 5) is 1.33. The fraction of sp³-hybridized carbons (Fsp3) is 0.120. The van der Waals surface area contributed by atoms with Crippen LogP contribution in [0.4, 0.5) is 11.4 Å². The number of furan rings is 1. The maximum absolute atomic E-state index is 6.55. The third-order valence-corrected chi connectivity index (χ3v) is 11.6. The molecule has 0 saturated heterocycles. The van der Waals surface area contributed by atoms with Crippen molar-refractivity contribution in [1.29, 1.82) is 0 Å². The summed E-state index contributed by atoms with van der Waals surface area (Å²) in [6, 6.07) is 34.5. The van der Waals surface area contributed by atoms with Gasteiger partial charge in [-0.3, -0.25) is 0 Å². The number of benzene rings is 5. The third kappa shape index (κ3) is 6.48. The highest BCUT2D eigenvalue weighted by molar-refractivity contribution is 8.01. The van der Waals surface area contributed by atoms with Gasteiger partial charge >= 0.3 is 0 Å². The molecule has 6 aromatic rings. The van der Waals surface area contributed by atoms with Gasteiger partial charge in [0.05, 0.1) is 7.11 Å². The Balaban J connectivity index is 1.30. The Morgan fingerprint density at radius 1 is 0.907 bits per heavy atom. The predicted octanol–water partition coefficient (Wildman–Crippen LogP) is 12.7. The van der Waals surface area contributed by atoms with Gasteiger partial charge < -0.3 is 14.5 Å². The van der Waals surface area contributed by atoms with E-state index in [2.05, 4.69) is 153 Å². The number of hydrogen-bond acceptors (Lipinski definition) is 4. The van der Waals surface area contributed by atoms with Crippen LogP contribution in [0.1, 0.15) is 37.8 Å². The van der Waals surface area contributed by atoms with E-state index in [4.69, 9.17) is 9.15 Å². The lowest BCUT2D eigenvalue weighted by Crippen LogP contribution is -2.17. The number of methoxy groups -OCH3 is 1. The van der Waals surface area contributed by atoms with Gasteiger partial charge in [-0.2, -0.15) is 0 Å². The zero-order valence-electron chi connectivity index (χ0n) is 31.0. The summed E-state index contributed by atoms with van der Waals surface area (Å²) in [6.07, 6.45) is 18.9. The molecule has 4 heteroatoms. The van der Waals surface area contributed by atoms with Crippen LogP contribution in [-0.4, -0.2) is 12.4 Å². The van der Waals surface area contributed by atoms with Crippen LogP contribution in [0.3, 0.4) is 0 Å². The fourth-order valence-electron chi connectivity index (χ4n) is 7.54. The van der Waals surface area contributed by atoms with Gasteiger partial charge in [0, 0.05) is 54.4 Å². The normalized spacial score (nSPS) is 15.2. The summed E-state index contributed by atoms with van der Waals surface area (Å²) in [5.41, 5.74) is 14.7. The van der Waals surface area contributed by atoms with Crippen molar-refractivity contribution < 1.29 is 9.15 Å². The Morgan fingerprint density at radius 3 is 2.48 bits per heavy atom. The molecular formula is C50H43NO2S. The molecule has 8 rings (SSSR count). The predicted molar refractivity (Wildman–Crippen MR) is 233 cm³/mol. The molecule has 266 valence electrons. The van der Waals surface area contributed by atoms with E-state index < -0.39 is 0 Å². The van der Waals surface area contributed by atoms with Crippen molar-refractivity contribution in [2.75, 3.05) is 12.4 Å². The molecule has 0 radical (unpaired) electrons. The molecule has 0 amide bonds. The molecular weight excluding hydrogens is 679 g/mol. The number of thioether (sulfide) groups is 1. The number of hydrogen-bond donors (Lipinski definition) is 1. The van der Waals surface area contributed by atoms with Gasteiger partial charge in [0.2, 0.25) is 0 Å². The first-order chi connectivity index (χ1) is 26.5. The minimum Gasteiger partial charge on any atom is -0.495 e. The molecule has 1 unspecified atom stereocenters. The highest BCUT2D eigenvalue weighted by atomic mass is 32.2. The molecule has 1 aliphatic heterocycles. The van der Waals surface area contributed by atoms with Gasteiger partial charge in [0.25, 0.3) is 0 Å². The maximum atomic E-state index is 6.55. The number of allylic oxidation sites excluding steroid dienone is 8. The van der Waals surface area contributed by atoms with Crippen molar-refractivity contribution in [2.45, 2.75) is 36.8 Å². The summed E-state index contributed by atoms with van der Waals surface area (Å²) in [5, 5.41) is 6.20. The van der Waals surface area contributed by atoms with Gasteiger partial charge in [-0.05, 0) is 83.5 Å². The summed E-state index contributed by atoms with van der Waals surface area (Å²) in [7, 11) is 1.73. The van der Waals surface area contributed by atoms with Crippen LogP contribution in [0.2, 0.25) is 0 Å². The Hall–Kier alpha value is -5.97. The quantitative estimate of drug-likeness (QED) is 0.143. The molecule has 1 atom stereocenters. The maximum Gasteiger partial charge on any atom is 0.143 e. The van der Waals surface area contributed by atoms with Crippen molar-refractivity contribution in [3.05, 3.63) is 168 Å². The molecule has 0 saturated carbocycles. The average molecular weight is 722 g/mol. The first-order valence-corrected chi connectivity index (χ1v) is 19.4. The third-order valence-electron chi connectivity index (χ3n) is 10.2.